The van der Waals surface area contributed by atoms with E-state index in [0.29, 0.717) is 24.9 Å². The van der Waals surface area contributed by atoms with E-state index in [4.69, 9.17) is 9.47 Å². The lowest BCUT2D eigenvalue weighted by Gasteiger charge is -2.37. The Hall–Kier alpha value is -3.01. The third kappa shape index (κ3) is 5.24. The van der Waals surface area contributed by atoms with Gasteiger partial charge in [0, 0.05) is 30.2 Å². The van der Waals surface area contributed by atoms with Crippen molar-refractivity contribution in [3.05, 3.63) is 67.8 Å². The Morgan fingerprint density at radius 1 is 1.15 bits per heavy atom. The molecule has 0 aliphatic carbocycles. The zero-order valence-electron chi connectivity index (χ0n) is 23.1. The number of aliphatic hydroxyl groups excluding tert-OH is 1. The van der Waals surface area contributed by atoms with Crippen LogP contribution in [0, 0.1) is 11.8 Å². The summed E-state index contributed by atoms with van der Waals surface area (Å²) in [6, 6.07) is 12.7. The van der Waals surface area contributed by atoms with Crippen molar-refractivity contribution in [1.29, 1.82) is 0 Å². The normalized spacial score (nSPS) is 28.1. The van der Waals surface area contributed by atoms with E-state index in [1.165, 1.54) is 4.90 Å². The van der Waals surface area contributed by atoms with Gasteiger partial charge in [-0.1, -0.05) is 58.4 Å². The number of benzene rings is 2. The maximum absolute atomic E-state index is 14.6. The van der Waals surface area contributed by atoms with Crippen LogP contribution >= 0.6 is 15.9 Å². The number of carbonyl (C=O) groups is 3. The summed E-state index contributed by atoms with van der Waals surface area (Å²) in [5, 5.41) is 11.6. The highest BCUT2D eigenvalue weighted by molar-refractivity contribution is 9.09. The van der Waals surface area contributed by atoms with Crippen LogP contribution in [0.25, 0.3) is 10.8 Å². The molecule has 3 aliphatic heterocycles. The number of esters is 1. The third-order valence-electron chi connectivity index (χ3n) is 8.52. The molecule has 3 aliphatic rings. The Labute approximate surface area is 249 Å². The molecule has 41 heavy (non-hydrogen) atoms. The summed E-state index contributed by atoms with van der Waals surface area (Å²) < 4.78 is 12.2. The molecular weight excluding hydrogens is 588 g/mol. The summed E-state index contributed by atoms with van der Waals surface area (Å²) >= 11 is 3.69. The van der Waals surface area contributed by atoms with E-state index in [1.807, 2.05) is 48.5 Å². The van der Waals surface area contributed by atoms with E-state index in [9.17, 15) is 19.5 Å². The number of anilines is 1. The lowest BCUT2D eigenvalue weighted by molar-refractivity contribution is -0.155. The van der Waals surface area contributed by atoms with Crippen molar-refractivity contribution < 1.29 is 29.0 Å². The monoisotopic (exact) mass is 624 g/mol. The number of hydrogen-bond donors (Lipinski definition) is 1. The second-order valence-electron chi connectivity index (χ2n) is 11.0. The highest BCUT2D eigenvalue weighted by Gasteiger charge is 2.77. The highest BCUT2D eigenvalue weighted by atomic mass is 79.9. The Bertz CT molecular complexity index is 1330. The van der Waals surface area contributed by atoms with Gasteiger partial charge in [0.2, 0.25) is 5.91 Å². The fourth-order valence-corrected chi connectivity index (χ4v) is 7.71. The number of halogens is 1. The van der Waals surface area contributed by atoms with Gasteiger partial charge in [0.05, 0.1) is 24.5 Å². The lowest BCUT2D eigenvalue weighted by Crippen LogP contribution is -2.57. The molecule has 9 heteroatoms. The molecule has 2 bridgehead atoms. The largest absolute Gasteiger partial charge is 0.465 e. The molecule has 3 fully saturated rings. The predicted molar refractivity (Wildman–Crippen MR) is 161 cm³/mol. The number of allylic oxidation sites excluding steroid dienone is 1. The van der Waals surface area contributed by atoms with Crippen molar-refractivity contribution in [3.8, 4) is 0 Å². The molecule has 3 unspecified atom stereocenters. The number of carbonyl (C=O) groups excluding carboxylic acids is 3. The van der Waals surface area contributed by atoms with Gasteiger partial charge in [-0.2, -0.15) is 0 Å². The maximum Gasteiger partial charge on any atom is 0.312 e. The van der Waals surface area contributed by atoms with Crippen molar-refractivity contribution in [3.63, 3.8) is 0 Å². The number of fused-ring (bicyclic) bond motifs is 2. The van der Waals surface area contributed by atoms with Crippen LogP contribution in [-0.2, 0) is 23.9 Å². The molecule has 0 saturated carbocycles. The van der Waals surface area contributed by atoms with Gasteiger partial charge in [0.1, 0.15) is 11.6 Å². The zero-order valence-corrected chi connectivity index (χ0v) is 24.7. The number of nitrogens with zero attached hydrogens (tertiary/aromatic N) is 2. The SMILES string of the molecule is C=CCCCCOC(=O)[C@H]1[C@@H]2OC3(CC2Br)C(C(=O)N(CC=C)c2ccc4ccccc4c2)N(CCCO)C(=O)[C@H]13. The fourth-order valence-electron chi connectivity index (χ4n) is 6.76. The van der Waals surface area contributed by atoms with Crippen LogP contribution in [0.4, 0.5) is 5.69 Å². The van der Waals surface area contributed by atoms with E-state index in [1.54, 1.807) is 11.0 Å². The number of rotatable bonds is 13. The van der Waals surface area contributed by atoms with Gasteiger partial charge in [-0.05, 0) is 55.0 Å². The molecule has 218 valence electrons. The molecule has 2 aromatic rings. The van der Waals surface area contributed by atoms with Crippen LogP contribution in [0.1, 0.15) is 32.1 Å². The first-order valence-electron chi connectivity index (χ1n) is 14.3. The lowest BCUT2D eigenvalue weighted by atomic mass is 9.70. The molecule has 0 radical (unpaired) electrons. The summed E-state index contributed by atoms with van der Waals surface area (Å²) in [4.78, 5) is 45.0. The van der Waals surface area contributed by atoms with Crippen LogP contribution < -0.4 is 4.90 Å². The average molecular weight is 626 g/mol. The molecule has 0 aromatic heterocycles. The minimum absolute atomic E-state index is 0.135. The summed E-state index contributed by atoms with van der Waals surface area (Å²) in [5.41, 5.74) is -0.507. The molecule has 3 heterocycles. The minimum atomic E-state index is -1.19. The number of unbranched alkanes of at least 4 members (excludes halogenated alkanes) is 2. The number of likely N-dealkylation sites (tertiary alicyclic amines) is 1. The van der Waals surface area contributed by atoms with Crippen molar-refractivity contribution in [1.82, 2.24) is 4.90 Å². The van der Waals surface area contributed by atoms with Crippen LogP contribution in [0.2, 0.25) is 0 Å². The van der Waals surface area contributed by atoms with Crippen molar-refractivity contribution >= 4 is 50.2 Å². The maximum atomic E-state index is 14.6. The molecule has 2 aromatic carbocycles. The van der Waals surface area contributed by atoms with Crippen LogP contribution in [0.5, 0.6) is 0 Å². The van der Waals surface area contributed by atoms with Gasteiger partial charge in [0.15, 0.2) is 0 Å². The molecule has 6 atom stereocenters. The second kappa shape index (κ2) is 12.5. The molecule has 1 N–H and O–H groups in total. The first kappa shape index (κ1) is 29.5. The number of aliphatic hydroxyl groups is 1. The smallest absolute Gasteiger partial charge is 0.312 e. The molecular formula is C32H37BrN2O6. The quantitative estimate of drug-likeness (QED) is 0.154. The summed E-state index contributed by atoms with van der Waals surface area (Å²) in [6.07, 6.45) is 6.00. The Morgan fingerprint density at radius 3 is 2.66 bits per heavy atom. The molecule has 1 spiro atoms. The van der Waals surface area contributed by atoms with Gasteiger partial charge in [-0.25, -0.2) is 0 Å². The Morgan fingerprint density at radius 2 is 1.93 bits per heavy atom. The number of hydrogen-bond acceptors (Lipinski definition) is 6. The van der Waals surface area contributed by atoms with Gasteiger partial charge < -0.3 is 24.4 Å². The highest BCUT2D eigenvalue weighted by Crippen LogP contribution is 2.60. The summed E-state index contributed by atoms with van der Waals surface area (Å²) in [5.74, 6) is -2.72. The second-order valence-corrected chi connectivity index (χ2v) is 12.2. The first-order chi connectivity index (χ1) is 19.9. The van der Waals surface area contributed by atoms with Gasteiger partial charge in [-0.15, -0.1) is 13.2 Å². The number of ether oxygens (including phenoxy) is 2. The van der Waals surface area contributed by atoms with Gasteiger partial charge in [0.25, 0.3) is 5.91 Å². The van der Waals surface area contributed by atoms with E-state index >= 15 is 0 Å². The van der Waals surface area contributed by atoms with E-state index in [2.05, 4.69) is 29.1 Å². The van der Waals surface area contributed by atoms with Crippen LogP contribution in [0.15, 0.2) is 67.8 Å². The average Bonchev–Trinajstić information content (AvgIpc) is 3.57. The fraction of sp³-hybridized carbons (Fsp3) is 0.469. The van der Waals surface area contributed by atoms with Crippen molar-refractivity contribution in [2.24, 2.45) is 11.8 Å². The number of alkyl halides is 1. The van der Waals surface area contributed by atoms with Crippen molar-refractivity contribution in [2.45, 2.75) is 54.7 Å². The van der Waals surface area contributed by atoms with Crippen molar-refractivity contribution in [2.75, 3.05) is 31.2 Å². The molecule has 2 amide bonds. The standard InChI is InChI=1S/C32H37BrN2O6/c1-3-5-6-9-18-40-31(39)25-26-29(37)35(16-10-17-36)28(32(26)20-24(33)27(25)41-32)30(38)34(15-4-2)23-14-13-21-11-7-8-12-22(21)19-23/h3-4,7-8,11-14,19,24-28,36H,1-2,5-6,9-10,15-18,20H2/t24?,25-,26+,27-,28?,32?/m1/s1. The predicted octanol–water partition coefficient (Wildman–Crippen LogP) is 4.39. The van der Waals surface area contributed by atoms with Crippen LogP contribution in [0.3, 0.4) is 0 Å². The third-order valence-corrected chi connectivity index (χ3v) is 9.37. The van der Waals surface area contributed by atoms with Gasteiger partial charge >= 0.3 is 5.97 Å². The topological polar surface area (TPSA) is 96.4 Å². The molecule has 8 nitrogen and oxygen atoms in total. The summed E-state index contributed by atoms with van der Waals surface area (Å²) in [7, 11) is 0. The molecule has 3 saturated heterocycles. The zero-order chi connectivity index (χ0) is 29.1. The number of amides is 2. The van der Waals surface area contributed by atoms with E-state index < -0.39 is 35.6 Å². The Balaban J connectivity index is 1.49. The summed E-state index contributed by atoms with van der Waals surface area (Å²) in [6.45, 7) is 8.11. The van der Waals surface area contributed by atoms with Gasteiger partial charge in [-0.3, -0.25) is 14.4 Å². The first-order valence-corrected chi connectivity index (χ1v) is 15.2. The van der Waals surface area contributed by atoms with Crippen LogP contribution in [-0.4, -0.2) is 76.7 Å². The molecule has 5 rings (SSSR count). The van der Waals surface area contributed by atoms with E-state index in [-0.39, 0.29) is 42.9 Å². The van der Waals surface area contributed by atoms with E-state index in [0.717, 1.165) is 23.6 Å². The minimum Gasteiger partial charge on any atom is -0.465 e. The Kier molecular flexibility index (Phi) is 8.97.